The van der Waals surface area contributed by atoms with Gasteiger partial charge in [-0.25, -0.2) is 4.39 Å². The van der Waals surface area contributed by atoms with Gasteiger partial charge in [0, 0.05) is 12.1 Å². The van der Waals surface area contributed by atoms with E-state index in [2.05, 4.69) is 5.32 Å². The fraction of sp³-hybridized carbons (Fsp3) is 0.429. The van der Waals surface area contributed by atoms with E-state index in [1.165, 1.54) is 6.07 Å². The van der Waals surface area contributed by atoms with Gasteiger partial charge in [-0.2, -0.15) is 0 Å². The van der Waals surface area contributed by atoms with E-state index in [-0.39, 0.29) is 12.1 Å². The fourth-order valence-corrected chi connectivity index (χ4v) is 1.60. The van der Waals surface area contributed by atoms with Crippen LogP contribution in [0.4, 0.5) is 4.39 Å². The number of carbonyl (C=O) groups excluding carboxylic acids is 1. The SMILES string of the molecule is CCC(C)(CNC(=O)c1cc(C)cc(F)c1)C(=O)O. The molecule has 0 bridgehead atoms. The first-order valence-corrected chi connectivity index (χ1v) is 6.07. The first-order chi connectivity index (χ1) is 8.78. The smallest absolute Gasteiger partial charge is 0.311 e. The number of amides is 1. The summed E-state index contributed by atoms with van der Waals surface area (Å²) in [5, 5.41) is 11.6. The van der Waals surface area contributed by atoms with Gasteiger partial charge in [0.15, 0.2) is 0 Å². The Hall–Kier alpha value is -1.91. The Labute approximate surface area is 111 Å². The van der Waals surface area contributed by atoms with Gasteiger partial charge < -0.3 is 10.4 Å². The number of aryl methyl sites for hydroxylation is 1. The molecule has 0 aliphatic rings. The lowest BCUT2D eigenvalue weighted by atomic mass is 9.87. The number of carbonyl (C=O) groups is 2. The number of halogens is 1. The van der Waals surface area contributed by atoms with Gasteiger partial charge in [-0.3, -0.25) is 9.59 Å². The van der Waals surface area contributed by atoms with E-state index in [1.807, 2.05) is 0 Å². The maximum atomic E-state index is 13.2. The van der Waals surface area contributed by atoms with Gasteiger partial charge in [-0.1, -0.05) is 6.92 Å². The summed E-state index contributed by atoms with van der Waals surface area (Å²) < 4.78 is 13.2. The second kappa shape index (κ2) is 5.82. The average Bonchev–Trinajstić information content (AvgIpc) is 2.34. The standard InChI is InChI=1S/C14H18FNO3/c1-4-14(3,13(18)19)8-16-12(17)10-5-9(2)6-11(15)7-10/h5-7H,4,8H2,1-3H3,(H,16,17)(H,18,19). The molecule has 1 amide bonds. The van der Waals surface area contributed by atoms with Crippen molar-refractivity contribution >= 4 is 11.9 Å². The van der Waals surface area contributed by atoms with Crippen LogP contribution in [0.3, 0.4) is 0 Å². The van der Waals surface area contributed by atoms with Crippen LogP contribution in [0.15, 0.2) is 18.2 Å². The second-order valence-corrected chi connectivity index (χ2v) is 4.92. The van der Waals surface area contributed by atoms with Crippen LogP contribution in [0.25, 0.3) is 0 Å². The minimum absolute atomic E-state index is 0.00717. The Bertz CT molecular complexity index is 481. The van der Waals surface area contributed by atoms with Gasteiger partial charge in [0.2, 0.25) is 0 Å². The van der Waals surface area contributed by atoms with Crippen LogP contribution in [0, 0.1) is 18.2 Å². The number of hydrogen-bond acceptors (Lipinski definition) is 2. The molecule has 4 nitrogen and oxygen atoms in total. The van der Waals surface area contributed by atoms with Crippen molar-refractivity contribution in [3.8, 4) is 0 Å². The van der Waals surface area contributed by atoms with Crippen molar-refractivity contribution in [1.82, 2.24) is 5.32 Å². The molecule has 1 aromatic rings. The number of aliphatic carboxylic acids is 1. The average molecular weight is 267 g/mol. The summed E-state index contributed by atoms with van der Waals surface area (Å²) in [5.41, 5.74) is -0.180. The Kier molecular flexibility index (Phi) is 4.64. The highest BCUT2D eigenvalue weighted by Gasteiger charge is 2.31. The maximum absolute atomic E-state index is 13.2. The van der Waals surface area contributed by atoms with E-state index in [0.29, 0.717) is 12.0 Å². The molecular formula is C14H18FNO3. The predicted molar refractivity (Wildman–Crippen MR) is 69.5 cm³/mol. The zero-order chi connectivity index (χ0) is 14.6. The molecule has 0 saturated carbocycles. The minimum atomic E-state index is -1.02. The normalized spacial score (nSPS) is 13.7. The highest BCUT2D eigenvalue weighted by molar-refractivity contribution is 5.94. The molecule has 0 aliphatic carbocycles. The zero-order valence-corrected chi connectivity index (χ0v) is 11.3. The van der Waals surface area contributed by atoms with Crippen LogP contribution in [0.2, 0.25) is 0 Å². The molecule has 104 valence electrons. The van der Waals surface area contributed by atoms with E-state index in [4.69, 9.17) is 5.11 Å². The lowest BCUT2D eigenvalue weighted by Crippen LogP contribution is -2.40. The second-order valence-electron chi connectivity index (χ2n) is 4.92. The Balaban J connectivity index is 2.78. The Morgan fingerprint density at radius 3 is 2.47 bits per heavy atom. The van der Waals surface area contributed by atoms with Crippen molar-refractivity contribution in [3.05, 3.63) is 35.1 Å². The fourth-order valence-electron chi connectivity index (χ4n) is 1.60. The van der Waals surface area contributed by atoms with Gasteiger partial charge >= 0.3 is 5.97 Å². The lowest BCUT2D eigenvalue weighted by Gasteiger charge is -2.23. The molecule has 1 rings (SSSR count). The van der Waals surface area contributed by atoms with Crippen molar-refractivity contribution in [2.45, 2.75) is 27.2 Å². The Morgan fingerprint density at radius 2 is 2.00 bits per heavy atom. The topological polar surface area (TPSA) is 66.4 Å². The van der Waals surface area contributed by atoms with Crippen LogP contribution >= 0.6 is 0 Å². The first kappa shape index (κ1) is 15.1. The van der Waals surface area contributed by atoms with Gasteiger partial charge in [0.25, 0.3) is 5.91 Å². The van der Waals surface area contributed by atoms with Crippen LogP contribution in [0.1, 0.15) is 36.2 Å². The van der Waals surface area contributed by atoms with Gasteiger partial charge in [-0.05, 0) is 44.0 Å². The molecule has 0 aromatic heterocycles. The number of nitrogens with one attached hydrogen (secondary N) is 1. The predicted octanol–water partition coefficient (Wildman–Crippen LogP) is 2.36. The van der Waals surface area contributed by atoms with E-state index >= 15 is 0 Å². The molecule has 0 radical (unpaired) electrons. The van der Waals surface area contributed by atoms with E-state index < -0.39 is 23.1 Å². The largest absolute Gasteiger partial charge is 0.481 e. The van der Waals surface area contributed by atoms with E-state index in [0.717, 1.165) is 6.07 Å². The number of rotatable bonds is 5. The van der Waals surface area contributed by atoms with Crippen molar-refractivity contribution in [2.24, 2.45) is 5.41 Å². The molecular weight excluding hydrogens is 249 g/mol. The number of hydrogen-bond donors (Lipinski definition) is 2. The number of benzene rings is 1. The number of carboxylic acids is 1. The third-order valence-corrected chi connectivity index (χ3v) is 3.24. The molecule has 1 aromatic carbocycles. The molecule has 19 heavy (non-hydrogen) atoms. The summed E-state index contributed by atoms with van der Waals surface area (Å²) in [6.45, 7) is 5.00. The van der Waals surface area contributed by atoms with Crippen LogP contribution < -0.4 is 5.32 Å². The zero-order valence-electron chi connectivity index (χ0n) is 11.3. The highest BCUT2D eigenvalue weighted by Crippen LogP contribution is 2.20. The molecule has 0 spiro atoms. The molecule has 0 fully saturated rings. The van der Waals surface area contributed by atoms with Gasteiger partial charge in [0.1, 0.15) is 5.82 Å². The molecule has 1 atom stereocenters. The minimum Gasteiger partial charge on any atom is -0.481 e. The summed E-state index contributed by atoms with van der Waals surface area (Å²) in [6, 6.07) is 4.01. The van der Waals surface area contributed by atoms with Crippen LogP contribution in [-0.2, 0) is 4.79 Å². The summed E-state index contributed by atoms with van der Waals surface area (Å²) in [5.74, 6) is -1.92. The molecule has 0 heterocycles. The summed E-state index contributed by atoms with van der Waals surface area (Å²) >= 11 is 0. The van der Waals surface area contributed by atoms with Gasteiger partial charge in [0.05, 0.1) is 5.41 Å². The van der Waals surface area contributed by atoms with Crippen LogP contribution in [-0.4, -0.2) is 23.5 Å². The summed E-state index contributed by atoms with van der Waals surface area (Å²) in [6.07, 6.45) is 0.394. The highest BCUT2D eigenvalue weighted by atomic mass is 19.1. The summed E-state index contributed by atoms with van der Waals surface area (Å²) in [4.78, 5) is 23.0. The first-order valence-electron chi connectivity index (χ1n) is 6.07. The third-order valence-electron chi connectivity index (χ3n) is 3.24. The van der Waals surface area contributed by atoms with Crippen molar-refractivity contribution < 1.29 is 19.1 Å². The van der Waals surface area contributed by atoms with Crippen molar-refractivity contribution in [3.63, 3.8) is 0 Å². The Morgan fingerprint density at radius 1 is 1.37 bits per heavy atom. The van der Waals surface area contributed by atoms with Crippen molar-refractivity contribution in [2.75, 3.05) is 6.54 Å². The summed E-state index contributed by atoms with van der Waals surface area (Å²) in [7, 11) is 0. The quantitative estimate of drug-likeness (QED) is 0.860. The molecule has 0 saturated heterocycles. The third kappa shape index (κ3) is 3.77. The molecule has 1 unspecified atom stereocenters. The monoisotopic (exact) mass is 267 g/mol. The van der Waals surface area contributed by atoms with E-state index in [1.54, 1.807) is 26.8 Å². The molecule has 0 aliphatic heterocycles. The van der Waals surface area contributed by atoms with Crippen molar-refractivity contribution in [1.29, 1.82) is 0 Å². The van der Waals surface area contributed by atoms with Gasteiger partial charge in [-0.15, -0.1) is 0 Å². The molecule has 5 heteroatoms. The maximum Gasteiger partial charge on any atom is 0.311 e. The van der Waals surface area contributed by atoms with E-state index in [9.17, 15) is 14.0 Å². The lowest BCUT2D eigenvalue weighted by molar-refractivity contribution is -0.147. The van der Waals surface area contributed by atoms with Crippen LogP contribution in [0.5, 0.6) is 0 Å². The molecule has 2 N–H and O–H groups in total. The number of carboxylic acid groups (broad SMARTS) is 1.